The zero-order valence-corrected chi connectivity index (χ0v) is 11.5. The van der Waals surface area contributed by atoms with E-state index in [1.54, 1.807) is 6.92 Å². The van der Waals surface area contributed by atoms with Gasteiger partial charge in [0.1, 0.15) is 11.6 Å². The molecule has 0 aliphatic heterocycles. The first-order chi connectivity index (χ1) is 9.01. The van der Waals surface area contributed by atoms with Crippen molar-refractivity contribution in [2.75, 3.05) is 6.61 Å². The Balaban J connectivity index is 1.94. The lowest BCUT2D eigenvalue weighted by molar-refractivity contribution is -0.0282. The maximum atomic E-state index is 13.7. The van der Waals surface area contributed by atoms with E-state index in [2.05, 4.69) is 0 Å². The van der Waals surface area contributed by atoms with Gasteiger partial charge in [0.25, 0.3) is 0 Å². The second kappa shape index (κ2) is 5.97. The van der Waals surface area contributed by atoms with Crippen LogP contribution in [0.4, 0.5) is 8.78 Å². The quantitative estimate of drug-likeness (QED) is 0.888. The summed E-state index contributed by atoms with van der Waals surface area (Å²) in [5.41, 5.74) is 6.89. The minimum absolute atomic E-state index is 0.335. The van der Waals surface area contributed by atoms with Crippen molar-refractivity contribution in [2.45, 2.75) is 45.3 Å². The van der Waals surface area contributed by atoms with E-state index in [1.807, 2.05) is 6.92 Å². The molecule has 0 amide bonds. The minimum Gasteiger partial charge on any atom is -0.378 e. The van der Waals surface area contributed by atoms with Crippen molar-refractivity contribution in [3.63, 3.8) is 0 Å². The summed E-state index contributed by atoms with van der Waals surface area (Å²) in [4.78, 5) is 0. The van der Waals surface area contributed by atoms with Crippen LogP contribution in [0.1, 0.15) is 43.4 Å². The van der Waals surface area contributed by atoms with E-state index >= 15 is 0 Å². The summed E-state index contributed by atoms with van der Waals surface area (Å²) >= 11 is 0. The molecule has 1 aromatic rings. The molecule has 1 unspecified atom stereocenters. The van der Waals surface area contributed by atoms with E-state index in [-0.39, 0.29) is 6.04 Å². The smallest absolute Gasteiger partial charge is 0.130 e. The Kier molecular flexibility index (Phi) is 4.53. The summed E-state index contributed by atoms with van der Waals surface area (Å²) in [6.45, 7) is 4.34. The average molecular weight is 269 g/mol. The lowest BCUT2D eigenvalue weighted by atomic mass is 9.77. The number of nitrogens with two attached hydrogens (primary N) is 1. The van der Waals surface area contributed by atoms with Crippen molar-refractivity contribution < 1.29 is 13.5 Å². The van der Waals surface area contributed by atoms with Gasteiger partial charge in [-0.15, -0.1) is 0 Å². The molecule has 4 heteroatoms. The third kappa shape index (κ3) is 3.31. The molecule has 1 aromatic carbocycles. The SMILES string of the molecule is CCOC1CC(CC(N)c2cc(C)c(F)cc2F)C1. The van der Waals surface area contributed by atoms with E-state index in [1.165, 1.54) is 6.07 Å². The maximum absolute atomic E-state index is 13.7. The van der Waals surface area contributed by atoms with Gasteiger partial charge < -0.3 is 10.5 Å². The van der Waals surface area contributed by atoms with Gasteiger partial charge in [-0.2, -0.15) is 0 Å². The standard InChI is InChI=1S/C15H21F2NO/c1-3-19-11-5-10(6-11)7-15(18)12-4-9(2)13(16)8-14(12)17/h4,8,10-11,15H,3,5-7,18H2,1-2H3. The highest BCUT2D eigenvalue weighted by molar-refractivity contribution is 5.28. The molecule has 1 aliphatic rings. The van der Waals surface area contributed by atoms with Crippen LogP contribution in [0.2, 0.25) is 0 Å². The highest BCUT2D eigenvalue weighted by Crippen LogP contribution is 2.36. The molecule has 2 nitrogen and oxygen atoms in total. The van der Waals surface area contributed by atoms with Crippen molar-refractivity contribution in [3.8, 4) is 0 Å². The number of hydrogen-bond acceptors (Lipinski definition) is 2. The molecule has 1 aliphatic carbocycles. The lowest BCUT2D eigenvalue weighted by Gasteiger charge is -2.36. The zero-order valence-electron chi connectivity index (χ0n) is 11.5. The number of hydrogen-bond donors (Lipinski definition) is 1. The predicted octanol–water partition coefficient (Wildman–Crippen LogP) is 3.48. The Morgan fingerprint density at radius 2 is 2.00 bits per heavy atom. The third-order valence-electron chi connectivity index (χ3n) is 3.86. The Morgan fingerprint density at radius 3 is 2.63 bits per heavy atom. The molecular formula is C15H21F2NO. The highest BCUT2D eigenvalue weighted by atomic mass is 19.1. The van der Waals surface area contributed by atoms with Crippen LogP contribution >= 0.6 is 0 Å². The van der Waals surface area contributed by atoms with Gasteiger partial charge >= 0.3 is 0 Å². The third-order valence-corrected chi connectivity index (χ3v) is 3.86. The fourth-order valence-corrected chi connectivity index (χ4v) is 2.69. The number of ether oxygens (including phenoxy) is 1. The number of benzene rings is 1. The van der Waals surface area contributed by atoms with Crippen LogP contribution in [0, 0.1) is 24.5 Å². The van der Waals surface area contributed by atoms with Crippen molar-refractivity contribution >= 4 is 0 Å². The Hall–Kier alpha value is -1.00. The van der Waals surface area contributed by atoms with Crippen LogP contribution in [-0.4, -0.2) is 12.7 Å². The Bertz CT molecular complexity index is 444. The van der Waals surface area contributed by atoms with E-state index in [0.717, 1.165) is 31.9 Å². The molecule has 1 fully saturated rings. The number of rotatable bonds is 5. The first-order valence-corrected chi connectivity index (χ1v) is 6.84. The van der Waals surface area contributed by atoms with E-state index in [9.17, 15) is 8.78 Å². The maximum Gasteiger partial charge on any atom is 0.130 e. The fraction of sp³-hybridized carbons (Fsp3) is 0.600. The van der Waals surface area contributed by atoms with Crippen LogP contribution in [0.5, 0.6) is 0 Å². The van der Waals surface area contributed by atoms with Gasteiger partial charge in [0.15, 0.2) is 0 Å². The molecule has 0 spiro atoms. The van der Waals surface area contributed by atoms with Gasteiger partial charge in [0, 0.05) is 24.3 Å². The first kappa shape index (κ1) is 14.4. The van der Waals surface area contributed by atoms with Crippen LogP contribution in [0.15, 0.2) is 12.1 Å². The van der Waals surface area contributed by atoms with Crippen LogP contribution in [-0.2, 0) is 4.74 Å². The van der Waals surface area contributed by atoms with E-state index in [0.29, 0.717) is 23.1 Å². The van der Waals surface area contributed by atoms with Gasteiger partial charge in [-0.1, -0.05) is 0 Å². The molecule has 19 heavy (non-hydrogen) atoms. The van der Waals surface area contributed by atoms with Gasteiger partial charge in [0.05, 0.1) is 6.10 Å². The minimum atomic E-state index is -0.545. The van der Waals surface area contributed by atoms with Gasteiger partial charge in [-0.25, -0.2) is 8.78 Å². The van der Waals surface area contributed by atoms with Gasteiger partial charge in [-0.3, -0.25) is 0 Å². The topological polar surface area (TPSA) is 35.2 Å². The van der Waals surface area contributed by atoms with Crippen molar-refractivity contribution in [1.29, 1.82) is 0 Å². The molecule has 2 rings (SSSR count). The molecule has 106 valence electrons. The molecule has 1 saturated carbocycles. The molecule has 1 atom stereocenters. The summed E-state index contributed by atoms with van der Waals surface area (Å²) in [5, 5.41) is 0. The van der Waals surface area contributed by atoms with Crippen molar-refractivity contribution in [3.05, 3.63) is 34.9 Å². The zero-order chi connectivity index (χ0) is 14.0. The van der Waals surface area contributed by atoms with E-state index < -0.39 is 11.6 Å². The Morgan fingerprint density at radius 1 is 1.32 bits per heavy atom. The van der Waals surface area contributed by atoms with Crippen LogP contribution < -0.4 is 5.73 Å². The normalized spacial score (nSPS) is 24.1. The molecule has 0 radical (unpaired) electrons. The predicted molar refractivity (Wildman–Crippen MR) is 70.8 cm³/mol. The summed E-state index contributed by atoms with van der Waals surface area (Å²) < 4.78 is 32.4. The molecule has 0 saturated heterocycles. The van der Waals surface area contributed by atoms with E-state index in [4.69, 9.17) is 10.5 Å². The molecule has 0 aromatic heterocycles. The Labute approximate surface area is 112 Å². The molecule has 2 N–H and O–H groups in total. The summed E-state index contributed by atoms with van der Waals surface area (Å²) in [5.74, 6) is -0.582. The summed E-state index contributed by atoms with van der Waals surface area (Å²) in [7, 11) is 0. The monoisotopic (exact) mass is 269 g/mol. The number of halogens is 2. The van der Waals surface area contributed by atoms with Gasteiger partial charge in [-0.05, 0) is 50.7 Å². The van der Waals surface area contributed by atoms with Crippen LogP contribution in [0.3, 0.4) is 0 Å². The molecule has 0 heterocycles. The number of aryl methyl sites for hydroxylation is 1. The molecule has 0 bridgehead atoms. The first-order valence-electron chi connectivity index (χ1n) is 6.84. The fourth-order valence-electron chi connectivity index (χ4n) is 2.69. The lowest BCUT2D eigenvalue weighted by Crippen LogP contribution is -2.33. The average Bonchev–Trinajstić information content (AvgIpc) is 2.31. The van der Waals surface area contributed by atoms with Crippen molar-refractivity contribution in [1.82, 2.24) is 0 Å². The van der Waals surface area contributed by atoms with Crippen LogP contribution in [0.25, 0.3) is 0 Å². The second-order valence-electron chi connectivity index (χ2n) is 5.38. The molecular weight excluding hydrogens is 248 g/mol. The highest BCUT2D eigenvalue weighted by Gasteiger charge is 2.31. The van der Waals surface area contributed by atoms with Crippen molar-refractivity contribution in [2.24, 2.45) is 11.7 Å². The summed E-state index contributed by atoms with van der Waals surface area (Å²) in [6, 6.07) is 2.08. The summed E-state index contributed by atoms with van der Waals surface area (Å²) in [6.07, 6.45) is 3.04. The van der Waals surface area contributed by atoms with Gasteiger partial charge in [0.2, 0.25) is 0 Å². The largest absolute Gasteiger partial charge is 0.378 e. The second-order valence-corrected chi connectivity index (χ2v) is 5.38.